The van der Waals surface area contributed by atoms with Gasteiger partial charge in [-0.15, -0.1) is 6.58 Å². The Morgan fingerprint density at radius 1 is 1.00 bits per heavy atom. The Kier molecular flexibility index (Phi) is 5.75. The van der Waals surface area contributed by atoms with Crippen LogP contribution < -0.4 is 0 Å². The molecule has 0 saturated heterocycles. The monoisotopic (exact) mass is 383 g/mol. The Morgan fingerprint density at radius 3 is 2.23 bits per heavy atom. The Bertz CT molecular complexity index is 962. The minimum atomic E-state index is -4.30. The van der Waals surface area contributed by atoms with Gasteiger partial charge in [-0.25, -0.2) is 0 Å². The fraction of sp³-hybridized carbons (Fsp3) is 0.0588. The van der Waals surface area contributed by atoms with Gasteiger partial charge in [0.1, 0.15) is 4.90 Å². The molecule has 107 valence electrons. The van der Waals surface area contributed by atoms with E-state index in [9.17, 15) is 13.0 Å². The molecule has 0 aliphatic heterocycles. The first-order valence-electron chi connectivity index (χ1n) is 6.53. The van der Waals surface area contributed by atoms with E-state index in [1.807, 2.05) is 36.4 Å². The summed E-state index contributed by atoms with van der Waals surface area (Å²) in [7, 11) is -4.30. The van der Waals surface area contributed by atoms with Gasteiger partial charge >= 0.3 is 0 Å². The van der Waals surface area contributed by atoms with Crippen LogP contribution in [-0.4, -0.2) is 71.2 Å². The smallest absolute Gasteiger partial charge is 0.282 e. The molecule has 0 saturated carbocycles. The summed E-state index contributed by atoms with van der Waals surface area (Å²) in [5, 5.41) is 3.29. The van der Waals surface area contributed by atoms with E-state index in [0.29, 0.717) is 17.4 Å². The van der Waals surface area contributed by atoms with Crippen LogP contribution in [0.25, 0.3) is 21.5 Å². The second-order valence-electron chi connectivity index (χ2n) is 4.94. The summed E-state index contributed by atoms with van der Waals surface area (Å²) in [6.45, 7) is 3.63. The first-order chi connectivity index (χ1) is 10.0. The standard InChI is InChI=1S/C17H14O3S.Rb/c1-2-5-12-8-9-15-10-13-6-3-4-7-14(13)11-16(15)17(12)21(18,19)20;/h2-4,6-11H,1,5H2,(H,18,19,20);. The third kappa shape index (κ3) is 3.42. The van der Waals surface area contributed by atoms with E-state index >= 15 is 0 Å². The number of hydrogen-bond acceptors (Lipinski definition) is 2. The molecule has 0 amide bonds. The van der Waals surface area contributed by atoms with Gasteiger partial charge < -0.3 is 0 Å². The summed E-state index contributed by atoms with van der Waals surface area (Å²) >= 11 is 0. The maximum Gasteiger partial charge on any atom is 0.295 e. The summed E-state index contributed by atoms with van der Waals surface area (Å²) < 4.78 is 33.2. The second-order valence-corrected chi connectivity index (χ2v) is 6.30. The van der Waals surface area contributed by atoms with Gasteiger partial charge in [-0.3, -0.25) is 4.55 Å². The average Bonchev–Trinajstić information content (AvgIpc) is 2.44. The van der Waals surface area contributed by atoms with Gasteiger partial charge in [-0.05, 0) is 40.3 Å². The molecule has 0 atom stereocenters. The number of allylic oxidation sites excluding steroid dienone is 1. The first kappa shape index (κ1) is 18.0. The minimum Gasteiger partial charge on any atom is -0.282 e. The van der Waals surface area contributed by atoms with Crippen LogP contribution >= 0.6 is 0 Å². The summed E-state index contributed by atoms with van der Waals surface area (Å²) in [5.74, 6) is 0. The van der Waals surface area contributed by atoms with Gasteiger partial charge in [0.25, 0.3) is 10.1 Å². The van der Waals surface area contributed by atoms with E-state index in [4.69, 9.17) is 0 Å². The Labute approximate surface area is 178 Å². The third-order valence-corrected chi connectivity index (χ3v) is 4.54. The Morgan fingerprint density at radius 2 is 1.64 bits per heavy atom. The van der Waals surface area contributed by atoms with Crippen LogP contribution in [0.1, 0.15) is 5.56 Å². The van der Waals surface area contributed by atoms with Gasteiger partial charge in [-0.2, -0.15) is 8.42 Å². The van der Waals surface area contributed by atoms with Crippen LogP contribution in [0.5, 0.6) is 0 Å². The van der Waals surface area contributed by atoms with Crippen LogP contribution in [0.15, 0.2) is 66.1 Å². The van der Waals surface area contributed by atoms with E-state index in [-0.39, 0.29) is 63.1 Å². The predicted octanol–water partition coefficient (Wildman–Crippen LogP) is 3.59. The fourth-order valence-corrected chi connectivity index (χ4v) is 3.59. The molecule has 0 aromatic heterocycles. The molecule has 0 heterocycles. The van der Waals surface area contributed by atoms with E-state index in [1.165, 1.54) is 0 Å². The Balaban J connectivity index is 0.00000176. The van der Waals surface area contributed by atoms with Crippen molar-refractivity contribution >= 4 is 89.9 Å². The molecule has 3 aromatic carbocycles. The largest absolute Gasteiger partial charge is 0.295 e. The molecular weight excluding hydrogens is 370 g/mol. The molecule has 0 fully saturated rings. The average molecular weight is 384 g/mol. The normalized spacial score (nSPS) is 11.3. The van der Waals surface area contributed by atoms with Crippen molar-refractivity contribution in [1.29, 1.82) is 0 Å². The van der Waals surface area contributed by atoms with Gasteiger partial charge in [0.2, 0.25) is 0 Å². The maximum absolute atomic E-state index is 11.8. The van der Waals surface area contributed by atoms with E-state index < -0.39 is 10.1 Å². The van der Waals surface area contributed by atoms with Crippen molar-refractivity contribution in [2.45, 2.75) is 11.3 Å². The van der Waals surface area contributed by atoms with Crippen molar-refractivity contribution in [3.8, 4) is 0 Å². The molecule has 0 aliphatic carbocycles. The molecule has 22 heavy (non-hydrogen) atoms. The third-order valence-electron chi connectivity index (χ3n) is 3.54. The van der Waals surface area contributed by atoms with Gasteiger partial charge in [0, 0.05) is 63.6 Å². The predicted molar refractivity (Wildman–Crippen MR) is 90.9 cm³/mol. The summed E-state index contributed by atoms with van der Waals surface area (Å²) in [5.41, 5.74) is 0.551. The number of hydrogen-bond donors (Lipinski definition) is 1. The van der Waals surface area contributed by atoms with Crippen molar-refractivity contribution in [3.05, 3.63) is 66.7 Å². The molecule has 0 aliphatic rings. The van der Waals surface area contributed by atoms with E-state index in [0.717, 1.165) is 16.2 Å². The quantitative estimate of drug-likeness (QED) is 0.427. The zero-order valence-electron chi connectivity index (χ0n) is 12.3. The van der Waals surface area contributed by atoms with E-state index in [2.05, 4.69) is 6.58 Å². The van der Waals surface area contributed by atoms with Crippen molar-refractivity contribution in [2.75, 3.05) is 0 Å². The van der Waals surface area contributed by atoms with Crippen LogP contribution in [-0.2, 0) is 16.5 Å². The molecule has 5 heteroatoms. The van der Waals surface area contributed by atoms with Crippen LogP contribution in [0.2, 0.25) is 0 Å². The zero-order chi connectivity index (χ0) is 15.0. The second kappa shape index (κ2) is 7.03. The Hall–Kier alpha value is -0.365. The maximum atomic E-state index is 11.8. The number of fused-ring (bicyclic) bond motifs is 2. The van der Waals surface area contributed by atoms with Crippen molar-refractivity contribution in [1.82, 2.24) is 0 Å². The van der Waals surface area contributed by atoms with E-state index in [1.54, 1.807) is 18.2 Å². The fourth-order valence-electron chi connectivity index (χ4n) is 2.65. The van der Waals surface area contributed by atoms with Crippen molar-refractivity contribution in [3.63, 3.8) is 0 Å². The van der Waals surface area contributed by atoms with Crippen molar-refractivity contribution in [2.24, 2.45) is 0 Å². The molecule has 1 N–H and O–H groups in total. The summed E-state index contributed by atoms with van der Waals surface area (Å²) in [6.07, 6.45) is 2.01. The molecule has 3 rings (SSSR count). The van der Waals surface area contributed by atoms with Crippen LogP contribution in [0, 0.1) is 0 Å². The van der Waals surface area contributed by atoms with Crippen molar-refractivity contribution < 1.29 is 13.0 Å². The van der Waals surface area contributed by atoms with Gasteiger partial charge in [0.15, 0.2) is 0 Å². The number of benzene rings is 3. The van der Waals surface area contributed by atoms with Crippen LogP contribution in [0.4, 0.5) is 0 Å². The molecular formula is C17H14O3RbS. The number of rotatable bonds is 3. The summed E-state index contributed by atoms with van der Waals surface area (Å²) in [4.78, 5) is -0.0225. The molecule has 1 radical (unpaired) electrons. The summed E-state index contributed by atoms with van der Waals surface area (Å²) in [6, 6.07) is 15.1. The first-order valence-corrected chi connectivity index (χ1v) is 7.97. The van der Waals surface area contributed by atoms with Gasteiger partial charge in [-0.1, -0.05) is 42.5 Å². The minimum absolute atomic E-state index is 0. The molecule has 3 nitrogen and oxygen atoms in total. The molecule has 0 bridgehead atoms. The van der Waals surface area contributed by atoms with Gasteiger partial charge in [0.05, 0.1) is 0 Å². The van der Waals surface area contributed by atoms with Crippen LogP contribution in [0.3, 0.4) is 0 Å². The zero-order valence-corrected chi connectivity index (χ0v) is 18.0. The topological polar surface area (TPSA) is 54.4 Å². The molecule has 0 spiro atoms. The SMILES string of the molecule is C=CCc1ccc2cc3ccccc3cc2c1S(=O)(=O)O.[Rb]. The molecule has 0 unspecified atom stereocenters. The molecule has 3 aromatic rings.